The number of methoxy groups -OCH3 is 1. The van der Waals surface area contributed by atoms with Gasteiger partial charge in [-0.25, -0.2) is 8.42 Å². The van der Waals surface area contributed by atoms with Gasteiger partial charge in [-0.15, -0.1) is 0 Å². The summed E-state index contributed by atoms with van der Waals surface area (Å²) in [5, 5.41) is 3.06. The molecule has 0 amide bonds. The molecule has 3 rings (SSSR count). The Kier molecular flexibility index (Phi) is 3.41. The van der Waals surface area contributed by atoms with Gasteiger partial charge in [0.2, 0.25) is 0 Å². The van der Waals surface area contributed by atoms with Crippen molar-refractivity contribution in [3.63, 3.8) is 0 Å². The van der Waals surface area contributed by atoms with E-state index in [1.807, 2.05) is 25.1 Å². The Labute approximate surface area is 123 Å². The summed E-state index contributed by atoms with van der Waals surface area (Å²) >= 11 is 0. The molecule has 114 valence electrons. The standard InChI is InChI=1S/C14H18N2O4S/c1-10-3-4-12-11(7-10)16-13(20-12)15-8-14(19-2)5-6-21(17,18)9-14/h3-4,7H,5-6,8-9H2,1-2H3,(H,15,16)/t14-/m1/s1. The molecule has 1 aliphatic heterocycles. The Morgan fingerprint density at radius 2 is 2.29 bits per heavy atom. The molecule has 6 nitrogen and oxygen atoms in total. The highest BCUT2D eigenvalue weighted by Gasteiger charge is 2.42. The minimum atomic E-state index is -3.02. The van der Waals surface area contributed by atoms with Gasteiger partial charge in [-0.1, -0.05) is 6.07 Å². The highest BCUT2D eigenvalue weighted by Crippen LogP contribution is 2.28. The molecule has 1 fully saturated rings. The first-order valence-electron chi connectivity index (χ1n) is 6.78. The van der Waals surface area contributed by atoms with E-state index in [4.69, 9.17) is 9.15 Å². The maximum atomic E-state index is 11.6. The van der Waals surface area contributed by atoms with E-state index in [1.54, 1.807) is 0 Å². The van der Waals surface area contributed by atoms with Gasteiger partial charge in [0.25, 0.3) is 6.01 Å². The molecule has 0 bridgehead atoms. The molecule has 0 aliphatic carbocycles. The molecular weight excluding hydrogens is 292 g/mol. The Hall–Kier alpha value is -1.60. The van der Waals surface area contributed by atoms with Crippen LogP contribution in [0.5, 0.6) is 0 Å². The lowest BCUT2D eigenvalue weighted by atomic mass is 10.0. The number of hydrogen-bond acceptors (Lipinski definition) is 6. The number of aryl methyl sites for hydroxylation is 1. The van der Waals surface area contributed by atoms with E-state index < -0.39 is 15.4 Å². The van der Waals surface area contributed by atoms with Crippen LogP contribution in [0.15, 0.2) is 22.6 Å². The number of nitrogens with zero attached hydrogens (tertiary/aromatic N) is 1. The lowest BCUT2D eigenvalue weighted by Crippen LogP contribution is -2.40. The van der Waals surface area contributed by atoms with Crippen molar-refractivity contribution >= 4 is 27.0 Å². The molecule has 1 saturated heterocycles. The van der Waals surface area contributed by atoms with Gasteiger partial charge in [-0.05, 0) is 31.0 Å². The third kappa shape index (κ3) is 2.89. The lowest BCUT2D eigenvalue weighted by Gasteiger charge is -2.25. The molecule has 0 saturated carbocycles. The number of oxazole rings is 1. The molecule has 7 heteroatoms. The molecule has 1 aliphatic rings. The van der Waals surface area contributed by atoms with Crippen LogP contribution in [-0.4, -0.2) is 44.2 Å². The largest absolute Gasteiger partial charge is 0.424 e. The van der Waals surface area contributed by atoms with Gasteiger partial charge in [-0.3, -0.25) is 0 Å². The van der Waals surface area contributed by atoms with Crippen molar-refractivity contribution in [2.24, 2.45) is 0 Å². The number of anilines is 1. The third-order valence-electron chi connectivity index (χ3n) is 3.89. The van der Waals surface area contributed by atoms with Crippen LogP contribution in [-0.2, 0) is 14.6 Å². The van der Waals surface area contributed by atoms with Crippen LogP contribution >= 0.6 is 0 Å². The average Bonchev–Trinajstić information content (AvgIpc) is 2.97. The number of benzene rings is 1. The normalized spacial score (nSPS) is 24.5. The number of sulfone groups is 1. The average molecular weight is 310 g/mol. The van der Waals surface area contributed by atoms with Crippen molar-refractivity contribution in [1.82, 2.24) is 4.98 Å². The van der Waals surface area contributed by atoms with Crippen molar-refractivity contribution < 1.29 is 17.6 Å². The van der Waals surface area contributed by atoms with E-state index in [0.717, 1.165) is 11.1 Å². The van der Waals surface area contributed by atoms with Crippen molar-refractivity contribution in [3.8, 4) is 0 Å². The summed E-state index contributed by atoms with van der Waals surface area (Å²) in [6, 6.07) is 6.15. The smallest absolute Gasteiger partial charge is 0.295 e. The fraction of sp³-hybridized carbons (Fsp3) is 0.500. The molecule has 1 N–H and O–H groups in total. The van der Waals surface area contributed by atoms with Gasteiger partial charge in [-0.2, -0.15) is 4.98 Å². The van der Waals surface area contributed by atoms with E-state index >= 15 is 0 Å². The van der Waals surface area contributed by atoms with E-state index in [-0.39, 0.29) is 11.5 Å². The minimum Gasteiger partial charge on any atom is -0.424 e. The summed E-state index contributed by atoms with van der Waals surface area (Å²) in [5.41, 5.74) is 1.89. The number of ether oxygens (including phenoxy) is 1. The SMILES string of the molecule is CO[C@@]1(CNc2nc3cc(C)ccc3o2)CCS(=O)(=O)C1. The van der Waals surface area contributed by atoms with E-state index in [2.05, 4.69) is 10.3 Å². The fourth-order valence-electron chi connectivity index (χ4n) is 2.61. The first-order valence-corrected chi connectivity index (χ1v) is 8.60. The Morgan fingerprint density at radius 3 is 2.95 bits per heavy atom. The minimum absolute atomic E-state index is 0.0306. The maximum absolute atomic E-state index is 11.6. The molecule has 1 atom stereocenters. The number of aromatic nitrogens is 1. The van der Waals surface area contributed by atoms with Crippen LogP contribution in [0.25, 0.3) is 11.1 Å². The first kappa shape index (κ1) is 14.3. The van der Waals surface area contributed by atoms with Crippen molar-refractivity contribution in [3.05, 3.63) is 23.8 Å². The Morgan fingerprint density at radius 1 is 1.48 bits per heavy atom. The Bertz CT molecular complexity index is 768. The number of nitrogens with one attached hydrogen (secondary N) is 1. The molecule has 21 heavy (non-hydrogen) atoms. The quantitative estimate of drug-likeness (QED) is 0.926. The maximum Gasteiger partial charge on any atom is 0.295 e. The first-order chi connectivity index (χ1) is 9.91. The second-order valence-electron chi connectivity index (χ2n) is 5.57. The number of hydrogen-bond donors (Lipinski definition) is 1. The van der Waals surface area contributed by atoms with E-state index in [1.165, 1.54) is 7.11 Å². The fourth-order valence-corrected chi connectivity index (χ4v) is 4.60. The summed E-state index contributed by atoms with van der Waals surface area (Å²) in [7, 11) is -1.48. The molecular formula is C14H18N2O4S. The summed E-state index contributed by atoms with van der Waals surface area (Å²) < 4.78 is 34.3. The van der Waals surface area contributed by atoms with Crippen LogP contribution in [0.4, 0.5) is 6.01 Å². The van der Waals surface area contributed by atoms with Crippen molar-refractivity contribution in [1.29, 1.82) is 0 Å². The van der Waals surface area contributed by atoms with Crippen molar-refractivity contribution in [2.45, 2.75) is 18.9 Å². The second kappa shape index (κ2) is 4.99. The van der Waals surface area contributed by atoms with Crippen LogP contribution in [0.1, 0.15) is 12.0 Å². The zero-order valence-corrected chi connectivity index (χ0v) is 12.9. The summed E-state index contributed by atoms with van der Waals surface area (Å²) in [4.78, 5) is 4.35. The second-order valence-corrected chi connectivity index (χ2v) is 7.76. The van der Waals surface area contributed by atoms with Gasteiger partial charge < -0.3 is 14.5 Å². The molecule has 2 heterocycles. The highest BCUT2D eigenvalue weighted by atomic mass is 32.2. The summed E-state index contributed by atoms with van der Waals surface area (Å²) in [5.74, 6) is 0.193. The molecule has 0 radical (unpaired) electrons. The third-order valence-corrected chi connectivity index (χ3v) is 5.68. The Balaban J connectivity index is 1.76. The zero-order valence-electron chi connectivity index (χ0n) is 12.0. The monoisotopic (exact) mass is 310 g/mol. The van der Waals surface area contributed by atoms with Crippen LogP contribution in [0.3, 0.4) is 0 Å². The van der Waals surface area contributed by atoms with Gasteiger partial charge in [0.15, 0.2) is 15.4 Å². The predicted octanol–water partition coefficient (Wildman–Crippen LogP) is 1.75. The van der Waals surface area contributed by atoms with Gasteiger partial charge in [0.05, 0.1) is 17.1 Å². The molecule has 1 aromatic heterocycles. The molecule has 0 spiro atoms. The predicted molar refractivity (Wildman–Crippen MR) is 80.2 cm³/mol. The summed E-state index contributed by atoms with van der Waals surface area (Å²) in [6.45, 7) is 2.35. The van der Waals surface area contributed by atoms with Gasteiger partial charge >= 0.3 is 0 Å². The highest BCUT2D eigenvalue weighted by molar-refractivity contribution is 7.91. The van der Waals surface area contributed by atoms with Crippen molar-refractivity contribution in [2.75, 3.05) is 30.5 Å². The van der Waals surface area contributed by atoms with E-state index in [0.29, 0.717) is 24.6 Å². The summed E-state index contributed by atoms with van der Waals surface area (Å²) in [6.07, 6.45) is 0.484. The van der Waals surface area contributed by atoms with E-state index in [9.17, 15) is 8.42 Å². The zero-order chi connectivity index (χ0) is 15.1. The van der Waals surface area contributed by atoms with Crippen LogP contribution in [0.2, 0.25) is 0 Å². The van der Waals surface area contributed by atoms with Crippen LogP contribution < -0.4 is 5.32 Å². The molecule has 1 aromatic carbocycles. The van der Waals surface area contributed by atoms with Gasteiger partial charge in [0, 0.05) is 13.7 Å². The molecule has 0 unspecified atom stereocenters. The number of fused-ring (bicyclic) bond motifs is 1. The van der Waals surface area contributed by atoms with Crippen LogP contribution in [0, 0.1) is 6.92 Å². The lowest BCUT2D eigenvalue weighted by molar-refractivity contribution is 0.0237. The topological polar surface area (TPSA) is 81.4 Å². The number of rotatable bonds is 4. The molecule has 2 aromatic rings. The van der Waals surface area contributed by atoms with Gasteiger partial charge in [0.1, 0.15) is 5.52 Å².